The SMILES string of the molecule is Nc1ccc(-c2c(F)cccc2F)nc1C(=O)Nc1cnccc1OCC1CNC1. The first-order chi connectivity index (χ1) is 14.5. The predicted molar refractivity (Wildman–Crippen MR) is 108 cm³/mol. The average molecular weight is 411 g/mol. The Morgan fingerprint density at radius 3 is 2.67 bits per heavy atom. The molecule has 0 saturated carbocycles. The van der Waals surface area contributed by atoms with Crippen LogP contribution in [0.3, 0.4) is 0 Å². The van der Waals surface area contributed by atoms with E-state index in [2.05, 4.69) is 20.6 Å². The van der Waals surface area contributed by atoms with Crippen LogP contribution in [0.15, 0.2) is 48.8 Å². The van der Waals surface area contributed by atoms with E-state index in [0.29, 0.717) is 24.0 Å². The second-order valence-electron chi connectivity index (χ2n) is 6.89. The maximum absolute atomic E-state index is 14.1. The number of pyridine rings is 2. The number of nitrogens with two attached hydrogens (primary N) is 1. The second-order valence-corrected chi connectivity index (χ2v) is 6.89. The van der Waals surface area contributed by atoms with Gasteiger partial charge >= 0.3 is 0 Å². The van der Waals surface area contributed by atoms with Crippen molar-refractivity contribution in [3.8, 4) is 17.0 Å². The number of carbonyl (C=O) groups is 1. The van der Waals surface area contributed by atoms with Gasteiger partial charge in [-0.05, 0) is 24.3 Å². The van der Waals surface area contributed by atoms with Gasteiger partial charge < -0.3 is 21.1 Å². The van der Waals surface area contributed by atoms with Crippen LogP contribution in [0.4, 0.5) is 20.2 Å². The Kier molecular flexibility index (Phi) is 5.53. The van der Waals surface area contributed by atoms with Crippen LogP contribution in [0.25, 0.3) is 11.3 Å². The lowest BCUT2D eigenvalue weighted by molar-refractivity contribution is 0.102. The Bertz CT molecular complexity index is 1070. The molecule has 3 heterocycles. The highest BCUT2D eigenvalue weighted by Gasteiger charge is 2.20. The Labute approximate surface area is 171 Å². The van der Waals surface area contributed by atoms with E-state index < -0.39 is 17.5 Å². The van der Waals surface area contributed by atoms with Crippen LogP contribution in [0.5, 0.6) is 5.75 Å². The highest BCUT2D eigenvalue weighted by molar-refractivity contribution is 6.07. The zero-order chi connectivity index (χ0) is 21.1. The summed E-state index contributed by atoms with van der Waals surface area (Å²) in [5.74, 6) is -1.35. The molecular weight excluding hydrogens is 392 g/mol. The number of halogens is 2. The molecule has 7 nitrogen and oxygen atoms in total. The minimum Gasteiger partial charge on any atom is -0.491 e. The molecule has 0 atom stereocenters. The molecule has 4 N–H and O–H groups in total. The molecule has 1 saturated heterocycles. The zero-order valence-electron chi connectivity index (χ0n) is 15.9. The van der Waals surface area contributed by atoms with E-state index in [1.165, 1.54) is 24.4 Å². The lowest BCUT2D eigenvalue weighted by Gasteiger charge is -2.27. The summed E-state index contributed by atoms with van der Waals surface area (Å²) < 4.78 is 34.0. The molecule has 1 aromatic carbocycles. The number of nitrogens with zero attached hydrogens (tertiary/aromatic N) is 2. The molecule has 4 rings (SSSR count). The summed E-state index contributed by atoms with van der Waals surface area (Å²) in [6, 6.07) is 7.87. The lowest BCUT2D eigenvalue weighted by Crippen LogP contribution is -2.45. The summed E-state index contributed by atoms with van der Waals surface area (Å²) in [5, 5.41) is 5.82. The van der Waals surface area contributed by atoms with Crippen molar-refractivity contribution >= 4 is 17.3 Å². The van der Waals surface area contributed by atoms with Crippen LogP contribution in [-0.2, 0) is 0 Å². The van der Waals surface area contributed by atoms with Gasteiger partial charge in [0.05, 0.1) is 29.7 Å². The third kappa shape index (κ3) is 4.06. The topological polar surface area (TPSA) is 102 Å². The van der Waals surface area contributed by atoms with Crippen LogP contribution >= 0.6 is 0 Å². The third-order valence-corrected chi connectivity index (χ3v) is 4.73. The number of hydrogen-bond donors (Lipinski definition) is 3. The number of nitrogen functional groups attached to an aromatic ring is 1. The van der Waals surface area contributed by atoms with Crippen molar-refractivity contribution in [1.29, 1.82) is 0 Å². The van der Waals surface area contributed by atoms with Crippen molar-refractivity contribution in [2.24, 2.45) is 5.92 Å². The van der Waals surface area contributed by atoms with E-state index in [4.69, 9.17) is 10.5 Å². The van der Waals surface area contributed by atoms with Gasteiger partial charge in [0.25, 0.3) is 5.91 Å². The van der Waals surface area contributed by atoms with Crippen molar-refractivity contribution in [3.63, 3.8) is 0 Å². The van der Waals surface area contributed by atoms with Crippen molar-refractivity contribution in [2.75, 3.05) is 30.7 Å². The first-order valence-electron chi connectivity index (χ1n) is 9.32. The van der Waals surface area contributed by atoms with Gasteiger partial charge in [-0.15, -0.1) is 0 Å². The molecule has 0 unspecified atom stereocenters. The fourth-order valence-electron chi connectivity index (χ4n) is 2.99. The molecule has 1 aliphatic heterocycles. The summed E-state index contributed by atoms with van der Waals surface area (Å²) in [5.41, 5.74) is 5.79. The number of hydrogen-bond acceptors (Lipinski definition) is 6. The Morgan fingerprint density at radius 2 is 1.97 bits per heavy atom. The summed E-state index contributed by atoms with van der Waals surface area (Å²) in [4.78, 5) is 20.9. The number of benzene rings is 1. The van der Waals surface area contributed by atoms with E-state index in [1.54, 1.807) is 12.3 Å². The zero-order valence-corrected chi connectivity index (χ0v) is 15.9. The molecule has 0 aliphatic carbocycles. The number of carbonyl (C=O) groups excluding carboxylic acids is 1. The van der Waals surface area contributed by atoms with Gasteiger partial charge in [-0.2, -0.15) is 0 Å². The molecule has 1 aliphatic rings. The smallest absolute Gasteiger partial charge is 0.276 e. The van der Waals surface area contributed by atoms with E-state index in [-0.39, 0.29) is 22.6 Å². The molecule has 1 amide bonds. The fraction of sp³-hybridized carbons (Fsp3) is 0.190. The number of ether oxygens (including phenoxy) is 1. The molecule has 1 fully saturated rings. The van der Waals surface area contributed by atoms with Gasteiger partial charge in [0.15, 0.2) is 5.69 Å². The molecule has 2 aromatic heterocycles. The van der Waals surface area contributed by atoms with Crippen LogP contribution in [-0.4, -0.2) is 35.6 Å². The van der Waals surface area contributed by atoms with E-state index in [1.807, 2.05) is 0 Å². The van der Waals surface area contributed by atoms with Crippen molar-refractivity contribution in [3.05, 3.63) is 66.1 Å². The fourth-order valence-corrected chi connectivity index (χ4v) is 2.99. The molecule has 0 spiro atoms. The molecule has 30 heavy (non-hydrogen) atoms. The van der Waals surface area contributed by atoms with Crippen LogP contribution < -0.4 is 21.1 Å². The highest BCUT2D eigenvalue weighted by Crippen LogP contribution is 2.28. The third-order valence-electron chi connectivity index (χ3n) is 4.73. The minimum atomic E-state index is -0.785. The van der Waals surface area contributed by atoms with Crippen LogP contribution in [0.1, 0.15) is 10.5 Å². The summed E-state index contributed by atoms with van der Waals surface area (Å²) in [7, 11) is 0. The monoisotopic (exact) mass is 411 g/mol. The number of nitrogens with one attached hydrogen (secondary N) is 2. The summed E-state index contributed by atoms with van der Waals surface area (Å²) in [6.45, 7) is 2.27. The van der Waals surface area contributed by atoms with Crippen molar-refractivity contribution in [2.45, 2.75) is 0 Å². The maximum atomic E-state index is 14.1. The van der Waals surface area contributed by atoms with Gasteiger partial charge in [-0.3, -0.25) is 9.78 Å². The Balaban J connectivity index is 1.58. The van der Waals surface area contributed by atoms with Crippen LogP contribution in [0, 0.1) is 17.6 Å². The summed E-state index contributed by atoms with van der Waals surface area (Å²) in [6.07, 6.45) is 3.00. The van der Waals surface area contributed by atoms with E-state index in [0.717, 1.165) is 25.2 Å². The van der Waals surface area contributed by atoms with Gasteiger partial charge in [-0.25, -0.2) is 13.8 Å². The van der Waals surface area contributed by atoms with E-state index in [9.17, 15) is 13.6 Å². The second kappa shape index (κ2) is 8.42. The average Bonchev–Trinajstić information content (AvgIpc) is 2.69. The highest BCUT2D eigenvalue weighted by atomic mass is 19.1. The normalized spacial score (nSPS) is 13.5. The Morgan fingerprint density at radius 1 is 1.20 bits per heavy atom. The van der Waals surface area contributed by atoms with Gasteiger partial charge in [0, 0.05) is 31.3 Å². The number of aromatic nitrogens is 2. The van der Waals surface area contributed by atoms with Gasteiger partial charge in [-0.1, -0.05) is 6.07 Å². The minimum absolute atomic E-state index is 0.0370. The van der Waals surface area contributed by atoms with Gasteiger partial charge in [0.2, 0.25) is 0 Å². The molecule has 3 aromatic rings. The Hall–Kier alpha value is -3.59. The number of amides is 1. The molecular formula is C21H19F2N5O2. The summed E-state index contributed by atoms with van der Waals surface area (Å²) >= 11 is 0. The molecule has 9 heteroatoms. The van der Waals surface area contributed by atoms with Gasteiger partial charge in [0.1, 0.15) is 23.1 Å². The first-order valence-corrected chi connectivity index (χ1v) is 9.32. The van der Waals surface area contributed by atoms with Crippen molar-refractivity contribution < 1.29 is 18.3 Å². The van der Waals surface area contributed by atoms with E-state index >= 15 is 0 Å². The first kappa shape index (κ1) is 19.7. The van der Waals surface area contributed by atoms with Crippen LogP contribution in [0.2, 0.25) is 0 Å². The van der Waals surface area contributed by atoms with Crippen molar-refractivity contribution in [1.82, 2.24) is 15.3 Å². The quantitative estimate of drug-likeness (QED) is 0.577. The standard InChI is InChI=1S/C21H19F2N5O2/c22-13-2-1-3-14(23)19(13)16-5-4-15(24)20(27-16)21(29)28-17-10-25-7-6-18(17)30-11-12-8-26-9-12/h1-7,10,12,26H,8-9,11,24H2,(H,28,29). The largest absolute Gasteiger partial charge is 0.491 e. The number of anilines is 2. The number of rotatable bonds is 6. The maximum Gasteiger partial charge on any atom is 0.276 e. The predicted octanol–water partition coefficient (Wildman–Crippen LogP) is 2.85. The molecule has 154 valence electrons. The lowest BCUT2D eigenvalue weighted by atomic mass is 10.1. The molecule has 0 radical (unpaired) electrons. The molecule has 0 bridgehead atoms.